The molecule has 0 radical (unpaired) electrons. The van der Waals surface area contributed by atoms with Gasteiger partial charge in [-0.15, -0.1) is 0 Å². The van der Waals surface area contributed by atoms with Crippen molar-refractivity contribution >= 4 is 8.03 Å². The van der Waals surface area contributed by atoms with Gasteiger partial charge in [0.05, 0.1) is 0 Å². The van der Waals surface area contributed by atoms with Crippen LogP contribution in [0, 0.1) is 40.8 Å². The second-order valence-electron chi connectivity index (χ2n) is 6.01. The first kappa shape index (κ1) is 25.4. The molecule has 0 bridgehead atoms. The summed E-state index contributed by atoms with van der Waals surface area (Å²) in [4.78, 5) is 8.67. The van der Waals surface area contributed by atoms with E-state index in [2.05, 4.69) is 19.1 Å². The molecule has 1 N–H and O–H groups in total. The maximum atomic E-state index is 10.5. The van der Waals surface area contributed by atoms with Crippen molar-refractivity contribution in [3.05, 3.63) is 12.2 Å². The zero-order chi connectivity index (χ0) is 15.6. The predicted molar refractivity (Wildman–Crippen MR) is 94.1 cm³/mol. The molecule has 128 valence electrons. The average Bonchev–Trinajstić information content (AvgIpc) is 2.46. The van der Waals surface area contributed by atoms with Crippen molar-refractivity contribution in [3.63, 3.8) is 0 Å². The van der Waals surface area contributed by atoms with Gasteiger partial charge in [0, 0.05) is 40.8 Å². The fourth-order valence-electron chi connectivity index (χ4n) is 2.49. The molecular formula is C18H36NdO2P+. The Bertz CT molecular complexity index is 257. The van der Waals surface area contributed by atoms with E-state index in [0.717, 1.165) is 12.8 Å². The summed E-state index contributed by atoms with van der Waals surface area (Å²) in [6, 6.07) is 0. The maximum absolute atomic E-state index is 10.5. The Morgan fingerprint density at radius 2 is 1.14 bits per heavy atom. The first-order chi connectivity index (χ1) is 10.3. The van der Waals surface area contributed by atoms with E-state index in [0.29, 0.717) is 6.16 Å². The van der Waals surface area contributed by atoms with Crippen molar-refractivity contribution in [1.82, 2.24) is 0 Å². The minimum Gasteiger partial charge on any atom is -0.161 e. The Morgan fingerprint density at radius 3 is 1.59 bits per heavy atom. The topological polar surface area (TPSA) is 37.3 Å². The van der Waals surface area contributed by atoms with Crippen LogP contribution in [0.2, 0.25) is 0 Å². The standard InChI is InChI=1S/C18H35O2P.Nd/c1-2-3-4-5-6-7-8-9-10-11-12-13-14-15-16-17-18-21(19)20;/h9-10H,2-8,11-18H2,1H3;/p+1/b10-9-;. The van der Waals surface area contributed by atoms with Crippen LogP contribution in [-0.2, 0) is 4.57 Å². The Balaban J connectivity index is 0. The van der Waals surface area contributed by atoms with E-state index < -0.39 is 8.03 Å². The summed E-state index contributed by atoms with van der Waals surface area (Å²) in [6.07, 6.45) is 23.1. The third kappa shape index (κ3) is 23.4. The van der Waals surface area contributed by atoms with Crippen LogP contribution in [0.15, 0.2) is 12.2 Å². The smallest absolute Gasteiger partial charge is 0.161 e. The second-order valence-corrected chi connectivity index (χ2v) is 7.17. The van der Waals surface area contributed by atoms with Crippen LogP contribution in [0.1, 0.15) is 96.8 Å². The number of hydrogen-bond acceptors (Lipinski definition) is 1. The summed E-state index contributed by atoms with van der Waals surface area (Å²) in [5.74, 6) is 0. The molecule has 0 rings (SSSR count). The van der Waals surface area contributed by atoms with Gasteiger partial charge in [-0.2, -0.15) is 4.89 Å². The molecule has 0 saturated heterocycles. The fraction of sp³-hybridized carbons (Fsp3) is 0.889. The Kier molecular flexibility index (Phi) is 25.6. The van der Waals surface area contributed by atoms with Gasteiger partial charge in [-0.1, -0.05) is 70.4 Å². The third-order valence-electron chi connectivity index (χ3n) is 3.86. The van der Waals surface area contributed by atoms with Crippen LogP contribution in [-0.4, -0.2) is 11.1 Å². The molecule has 22 heavy (non-hydrogen) atoms. The first-order valence-electron chi connectivity index (χ1n) is 9.06. The van der Waals surface area contributed by atoms with Gasteiger partial charge < -0.3 is 0 Å². The number of rotatable bonds is 16. The summed E-state index contributed by atoms with van der Waals surface area (Å²) >= 11 is 0. The summed E-state index contributed by atoms with van der Waals surface area (Å²) in [5.41, 5.74) is 0. The third-order valence-corrected chi connectivity index (χ3v) is 4.56. The first-order valence-corrected chi connectivity index (χ1v) is 10.5. The van der Waals surface area contributed by atoms with Gasteiger partial charge in [0.25, 0.3) is 0 Å². The van der Waals surface area contributed by atoms with E-state index in [9.17, 15) is 4.57 Å². The molecular weight excluding hydrogens is 423 g/mol. The van der Waals surface area contributed by atoms with Crippen LogP contribution in [0.4, 0.5) is 0 Å². The largest absolute Gasteiger partial charge is 0.505 e. The quantitative estimate of drug-likeness (QED) is 0.157. The zero-order valence-electron chi connectivity index (χ0n) is 14.6. The predicted octanol–water partition coefficient (Wildman–Crippen LogP) is 6.76. The fourth-order valence-corrected chi connectivity index (χ4v) is 2.99. The molecule has 1 atom stereocenters. The van der Waals surface area contributed by atoms with E-state index in [1.807, 2.05) is 0 Å². The van der Waals surface area contributed by atoms with Gasteiger partial charge in [0.15, 0.2) is 6.16 Å². The monoisotopic (exact) mass is 457 g/mol. The molecule has 1 unspecified atom stereocenters. The van der Waals surface area contributed by atoms with Gasteiger partial charge >= 0.3 is 8.03 Å². The van der Waals surface area contributed by atoms with Crippen molar-refractivity contribution in [1.29, 1.82) is 0 Å². The number of hydrogen-bond donors (Lipinski definition) is 1. The van der Waals surface area contributed by atoms with Gasteiger partial charge in [0.2, 0.25) is 0 Å². The molecule has 0 aliphatic rings. The number of unbranched alkanes of at least 4 members (excludes halogenated alkanes) is 12. The normalized spacial score (nSPS) is 11.6. The van der Waals surface area contributed by atoms with Crippen molar-refractivity contribution in [3.8, 4) is 0 Å². The molecule has 2 nitrogen and oxygen atoms in total. The van der Waals surface area contributed by atoms with E-state index in [4.69, 9.17) is 4.89 Å². The van der Waals surface area contributed by atoms with E-state index in [1.165, 1.54) is 77.0 Å². The molecule has 0 aliphatic heterocycles. The molecule has 0 aliphatic carbocycles. The Labute approximate surface area is 172 Å². The Hall–Kier alpha value is 1.15. The molecule has 0 aromatic heterocycles. The summed E-state index contributed by atoms with van der Waals surface area (Å²) in [5, 5.41) is 0. The molecule has 0 aromatic rings. The maximum Gasteiger partial charge on any atom is 0.505 e. The molecule has 0 saturated carbocycles. The zero-order valence-corrected chi connectivity index (χ0v) is 18.7. The van der Waals surface area contributed by atoms with Crippen LogP contribution >= 0.6 is 8.03 Å². The molecule has 4 heteroatoms. The van der Waals surface area contributed by atoms with Gasteiger partial charge in [-0.25, -0.2) is 0 Å². The van der Waals surface area contributed by atoms with Crippen molar-refractivity contribution in [2.75, 3.05) is 6.16 Å². The molecule has 0 spiro atoms. The SMILES string of the molecule is CCCCCCCC/C=C\CCCCCCCC[P+](=O)O.[Nd]. The van der Waals surface area contributed by atoms with E-state index in [-0.39, 0.29) is 40.8 Å². The summed E-state index contributed by atoms with van der Waals surface area (Å²) in [7, 11) is -1.90. The molecule has 0 fully saturated rings. The van der Waals surface area contributed by atoms with E-state index >= 15 is 0 Å². The van der Waals surface area contributed by atoms with Crippen LogP contribution in [0.25, 0.3) is 0 Å². The van der Waals surface area contributed by atoms with E-state index in [1.54, 1.807) is 0 Å². The average molecular weight is 460 g/mol. The van der Waals surface area contributed by atoms with Gasteiger partial charge in [-0.05, 0) is 43.1 Å². The molecule has 0 amide bonds. The van der Waals surface area contributed by atoms with Gasteiger partial charge in [0.1, 0.15) is 0 Å². The molecule has 0 aromatic carbocycles. The van der Waals surface area contributed by atoms with Crippen LogP contribution < -0.4 is 0 Å². The van der Waals surface area contributed by atoms with Crippen LogP contribution in [0.3, 0.4) is 0 Å². The second kappa shape index (κ2) is 22.2. The van der Waals surface area contributed by atoms with Crippen molar-refractivity contribution in [2.45, 2.75) is 96.8 Å². The summed E-state index contributed by atoms with van der Waals surface area (Å²) < 4.78 is 10.5. The van der Waals surface area contributed by atoms with Gasteiger partial charge in [-0.3, -0.25) is 0 Å². The minimum atomic E-state index is -1.90. The van der Waals surface area contributed by atoms with Crippen molar-refractivity contribution in [2.24, 2.45) is 0 Å². The van der Waals surface area contributed by atoms with Crippen molar-refractivity contribution < 1.29 is 50.3 Å². The molecule has 0 heterocycles. The Morgan fingerprint density at radius 1 is 0.727 bits per heavy atom. The summed E-state index contributed by atoms with van der Waals surface area (Å²) in [6.45, 7) is 2.26. The van der Waals surface area contributed by atoms with Crippen LogP contribution in [0.5, 0.6) is 0 Å². The minimum absolute atomic E-state index is 0. The number of allylic oxidation sites excluding steroid dienone is 2.